The molecule has 0 fully saturated rings. The molecule has 2 aromatic rings. The monoisotopic (exact) mass is 376 g/mol. The molecule has 0 aliphatic carbocycles. The molecule has 0 spiro atoms. The van der Waals surface area contributed by atoms with Gasteiger partial charge in [-0.2, -0.15) is 0 Å². The van der Waals surface area contributed by atoms with Crippen LogP contribution in [-0.2, 0) is 0 Å². The Balaban J connectivity index is 1.94. The molecule has 1 atom stereocenters. The van der Waals surface area contributed by atoms with Gasteiger partial charge in [0.15, 0.2) is 6.23 Å². The lowest BCUT2D eigenvalue weighted by atomic mass is 10.0. The number of carbonyl (C=O) groups is 1. The Morgan fingerprint density at radius 3 is 2.52 bits per heavy atom. The van der Waals surface area contributed by atoms with Crippen molar-refractivity contribution in [1.29, 1.82) is 0 Å². The molecule has 0 bridgehead atoms. The van der Waals surface area contributed by atoms with Gasteiger partial charge in [-0.15, -0.1) is 0 Å². The summed E-state index contributed by atoms with van der Waals surface area (Å²) >= 11 is 3.37. The zero-order valence-electron chi connectivity index (χ0n) is 13.5. The quantitative estimate of drug-likeness (QED) is 0.711. The summed E-state index contributed by atoms with van der Waals surface area (Å²) in [6.07, 6.45) is -0.443. The van der Waals surface area contributed by atoms with Crippen molar-refractivity contribution in [1.82, 2.24) is 5.32 Å². The Morgan fingerprint density at radius 2 is 1.83 bits per heavy atom. The fraction of sp³-hybridized carbons (Fsp3) is 0.278. The number of benzene rings is 2. The molecule has 0 saturated heterocycles. The molecular weight excluding hydrogens is 356 g/mol. The molecule has 2 rings (SSSR count). The normalized spacial score (nSPS) is 11.9. The van der Waals surface area contributed by atoms with Crippen molar-refractivity contribution in [3.05, 3.63) is 58.6 Å². The number of anilines is 1. The predicted octanol–water partition coefficient (Wildman–Crippen LogP) is 5.12. The molecule has 122 valence electrons. The highest BCUT2D eigenvalue weighted by Gasteiger charge is 2.12. The van der Waals surface area contributed by atoms with Crippen LogP contribution in [0.25, 0.3) is 0 Å². The number of ether oxygens (including phenoxy) is 1. The van der Waals surface area contributed by atoms with E-state index in [1.165, 1.54) is 0 Å². The Hall–Kier alpha value is -2.01. The molecule has 4 nitrogen and oxygen atoms in total. The van der Waals surface area contributed by atoms with Gasteiger partial charge in [0.05, 0.1) is 0 Å². The van der Waals surface area contributed by atoms with E-state index in [1.54, 1.807) is 6.92 Å². The van der Waals surface area contributed by atoms with Crippen LogP contribution in [0.15, 0.2) is 53.0 Å². The van der Waals surface area contributed by atoms with Gasteiger partial charge < -0.3 is 15.4 Å². The fourth-order valence-corrected chi connectivity index (χ4v) is 2.60. The minimum Gasteiger partial charge on any atom is -0.471 e. The fourth-order valence-electron chi connectivity index (χ4n) is 2.20. The topological polar surface area (TPSA) is 50.4 Å². The van der Waals surface area contributed by atoms with E-state index in [1.807, 2.05) is 48.5 Å². The summed E-state index contributed by atoms with van der Waals surface area (Å²) in [4.78, 5) is 12.0. The Bertz CT molecular complexity index is 674. The molecule has 0 radical (unpaired) electrons. The number of halogens is 1. The highest BCUT2D eigenvalue weighted by Crippen LogP contribution is 2.26. The van der Waals surface area contributed by atoms with E-state index in [9.17, 15) is 4.79 Å². The molecular formula is C18H21BrN2O2. The van der Waals surface area contributed by atoms with Crippen LogP contribution in [0.1, 0.15) is 32.3 Å². The molecule has 1 unspecified atom stereocenters. The van der Waals surface area contributed by atoms with Crippen molar-refractivity contribution in [3.63, 3.8) is 0 Å². The molecule has 0 aromatic heterocycles. The molecule has 0 aliphatic rings. The van der Waals surface area contributed by atoms with Gasteiger partial charge >= 0.3 is 6.03 Å². The van der Waals surface area contributed by atoms with Gasteiger partial charge in [0.2, 0.25) is 0 Å². The largest absolute Gasteiger partial charge is 0.471 e. The minimum absolute atomic E-state index is 0.308. The molecule has 0 aliphatic heterocycles. The first-order valence-electron chi connectivity index (χ1n) is 7.54. The molecule has 23 heavy (non-hydrogen) atoms. The molecule has 2 amide bonds. The third kappa shape index (κ3) is 5.28. The van der Waals surface area contributed by atoms with Gasteiger partial charge in [0.1, 0.15) is 5.75 Å². The second-order valence-corrected chi connectivity index (χ2v) is 6.48. The minimum atomic E-state index is -0.443. The maximum absolute atomic E-state index is 12.0. The Kier molecular flexibility index (Phi) is 6.04. The molecule has 5 heteroatoms. The standard InChI is InChI=1S/C18H21BrN2O2/c1-12(2)16-9-4-5-10-17(16)23-13(3)20-18(22)21-15-8-6-7-14(19)11-15/h4-13H,1-3H3,(H2,20,21,22). The maximum Gasteiger partial charge on any atom is 0.322 e. The van der Waals surface area contributed by atoms with E-state index in [-0.39, 0.29) is 6.03 Å². The van der Waals surface area contributed by atoms with E-state index >= 15 is 0 Å². The van der Waals surface area contributed by atoms with E-state index in [0.29, 0.717) is 11.6 Å². The average molecular weight is 377 g/mol. The molecule has 2 N–H and O–H groups in total. The third-order valence-electron chi connectivity index (χ3n) is 3.26. The first kappa shape index (κ1) is 17.3. The maximum atomic E-state index is 12.0. The molecule has 0 saturated carbocycles. The van der Waals surface area contributed by atoms with Crippen LogP contribution in [0.2, 0.25) is 0 Å². The summed E-state index contributed by atoms with van der Waals surface area (Å²) in [6.45, 7) is 6.03. The van der Waals surface area contributed by atoms with E-state index < -0.39 is 6.23 Å². The van der Waals surface area contributed by atoms with Crippen molar-refractivity contribution >= 4 is 27.6 Å². The first-order valence-corrected chi connectivity index (χ1v) is 8.33. The lowest BCUT2D eigenvalue weighted by Crippen LogP contribution is -2.39. The molecule has 0 heterocycles. The third-order valence-corrected chi connectivity index (χ3v) is 3.75. The van der Waals surface area contributed by atoms with Crippen molar-refractivity contribution < 1.29 is 9.53 Å². The van der Waals surface area contributed by atoms with Gasteiger partial charge in [-0.1, -0.05) is 54.0 Å². The Labute approximate surface area is 145 Å². The van der Waals surface area contributed by atoms with E-state index in [0.717, 1.165) is 15.8 Å². The average Bonchev–Trinajstić information content (AvgIpc) is 2.47. The first-order chi connectivity index (χ1) is 11.0. The second-order valence-electron chi connectivity index (χ2n) is 5.56. The van der Waals surface area contributed by atoms with E-state index in [2.05, 4.69) is 40.4 Å². The van der Waals surface area contributed by atoms with Gasteiger partial charge in [0, 0.05) is 10.2 Å². The summed E-state index contributed by atoms with van der Waals surface area (Å²) in [7, 11) is 0. The van der Waals surface area contributed by atoms with E-state index in [4.69, 9.17) is 4.74 Å². The highest BCUT2D eigenvalue weighted by atomic mass is 79.9. The van der Waals surface area contributed by atoms with Crippen LogP contribution < -0.4 is 15.4 Å². The van der Waals surface area contributed by atoms with Gasteiger partial charge in [-0.05, 0) is 42.7 Å². The zero-order chi connectivity index (χ0) is 16.8. The number of urea groups is 1. The number of amides is 2. The van der Waals surface area contributed by atoms with Crippen LogP contribution >= 0.6 is 15.9 Å². The van der Waals surface area contributed by atoms with Crippen molar-refractivity contribution in [2.24, 2.45) is 0 Å². The summed E-state index contributed by atoms with van der Waals surface area (Å²) in [5, 5.41) is 5.55. The lowest BCUT2D eigenvalue weighted by Gasteiger charge is -2.20. The van der Waals surface area contributed by atoms with Crippen LogP contribution in [0, 0.1) is 0 Å². The predicted molar refractivity (Wildman–Crippen MR) is 96.9 cm³/mol. The number of rotatable bonds is 5. The summed E-state index contributed by atoms with van der Waals surface area (Å²) in [5.41, 5.74) is 1.83. The van der Waals surface area contributed by atoms with Crippen molar-refractivity contribution in [3.8, 4) is 5.75 Å². The van der Waals surface area contributed by atoms with Gasteiger partial charge in [0.25, 0.3) is 0 Å². The highest BCUT2D eigenvalue weighted by molar-refractivity contribution is 9.10. The SMILES string of the molecule is CC(NC(=O)Nc1cccc(Br)c1)Oc1ccccc1C(C)C. The van der Waals surface area contributed by atoms with Crippen LogP contribution in [0.5, 0.6) is 5.75 Å². The number of hydrogen-bond donors (Lipinski definition) is 2. The van der Waals surface area contributed by atoms with Crippen LogP contribution in [0.3, 0.4) is 0 Å². The van der Waals surface area contributed by atoms with Gasteiger partial charge in [-0.25, -0.2) is 4.79 Å². The molecule has 2 aromatic carbocycles. The number of hydrogen-bond acceptors (Lipinski definition) is 2. The summed E-state index contributed by atoms with van der Waals surface area (Å²) < 4.78 is 6.77. The smallest absolute Gasteiger partial charge is 0.322 e. The Morgan fingerprint density at radius 1 is 1.09 bits per heavy atom. The summed E-state index contributed by atoms with van der Waals surface area (Å²) in [6, 6.07) is 15.0. The van der Waals surface area contributed by atoms with Crippen molar-refractivity contribution in [2.45, 2.75) is 32.9 Å². The van der Waals surface area contributed by atoms with Crippen LogP contribution in [0.4, 0.5) is 10.5 Å². The second kappa shape index (κ2) is 8.02. The summed E-state index contributed by atoms with van der Waals surface area (Å²) in [5.74, 6) is 1.15. The lowest BCUT2D eigenvalue weighted by molar-refractivity contribution is 0.181. The zero-order valence-corrected chi connectivity index (χ0v) is 15.1. The van der Waals surface area contributed by atoms with Crippen molar-refractivity contribution in [2.75, 3.05) is 5.32 Å². The number of para-hydroxylation sites is 1. The van der Waals surface area contributed by atoms with Gasteiger partial charge in [-0.3, -0.25) is 0 Å². The number of carbonyl (C=O) groups excluding carboxylic acids is 1. The number of nitrogens with one attached hydrogen (secondary N) is 2. The van der Waals surface area contributed by atoms with Crippen LogP contribution in [-0.4, -0.2) is 12.3 Å².